The maximum atomic E-state index is 12.6. The number of phenolic OH excluding ortho intramolecular Hbond substituents is 1. The minimum atomic E-state index is -0.331. The van der Waals surface area contributed by atoms with E-state index in [0.29, 0.717) is 11.4 Å². The number of fused-ring (bicyclic) bond motifs is 4. The molecule has 1 N–H and O–H groups in total. The van der Waals surface area contributed by atoms with Crippen molar-refractivity contribution in [1.29, 1.82) is 0 Å². The number of imidazole rings is 1. The van der Waals surface area contributed by atoms with Gasteiger partial charge in [-0.15, -0.1) is 0 Å². The molecule has 0 saturated heterocycles. The van der Waals surface area contributed by atoms with E-state index in [1.165, 1.54) is 21.9 Å². The van der Waals surface area contributed by atoms with Crippen LogP contribution in [-0.4, -0.2) is 24.2 Å². The van der Waals surface area contributed by atoms with Crippen LogP contribution < -0.4 is 0 Å². The number of aromatic nitrogens is 4. The van der Waals surface area contributed by atoms with E-state index in [0.717, 1.165) is 78.1 Å². The summed E-state index contributed by atoms with van der Waals surface area (Å²) in [5, 5.41) is 15.1. The molecule has 0 fully saturated rings. The SMILES string of the molecule is CC(C)(C)c1cc(-c2cc(-n3c4ccccc4c4ccccc43)ccn2)cc(-c2cccc3c2nc(-c2cc(C(C)(C)C)cc(C(C)(C)C)c2O)n3-c2ccc(C(C)(C)C)cc2-c2ccccc2)c1. The Morgan fingerprint density at radius 2 is 1.00 bits per heavy atom. The first-order valence-electron chi connectivity index (χ1n) is 24.4. The summed E-state index contributed by atoms with van der Waals surface area (Å²) >= 11 is 0. The first-order valence-corrected chi connectivity index (χ1v) is 24.4. The van der Waals surface area contributed by atoms with Crippen LogP contribution in [0.5, 0.6) is 5.75 Å². The number of para-hydroxylation sites is 3. The molecule has 0 spiro atoms. The second-order valence-electron chi connectivity index (χ2n) is 23.0. The molecule has 5 heteroatoms. The van der Waals surface area contributed by atoms with Crippen LogP contribution in [0.3, 0.4) is 0 Å². The Morgan fingerprint density at radius 3 is 1.64 bits per heavy atom. The molecule has 0 amide bonds. The van der Waals surface area contributed by atoms with Gasteiger partial charge in [0.2, 0.25) is 0 Å². The van der Waals surface area contributed by atoms with Crippen LogP contribution in [0.2, 0.25) is 0 Å². The summed E-state index contributed by atoms with van der Waals surface area (Å²) in [7, 11) is 0. The average molecular weight is 905 g/mol. The molecule has 0 aliphatic carbocycles. The monoisotopic (exact) mass is 905 g/mol. The molecule has 0 bridgehead atoms. The lowest BCUT2D eigenvalue weighted by atomic mass is 9.79. The fourth-order valence-electron chi connectivity index (χ4n) is 9.89. The van der Waals surface area contributed by atoms with Gasteiger partial charge < -0.3 is 9.67 Å². The molecule has 5 nitrogen and oxygen atoms in total. The van der Waals surface area contributed by atoms with Crippen molar-refractivity contribution >= 4 is 32.8 Å². The van der Waals surface area contributed by atoms with Crippen LogP contribution in [0, 0.1) is 0 Å². The van der Waals surface area contributed by atoms with Crippen LogP contribution in [0.25, 0.3) is 89.1 Å². The highest BCUT2D eigenvalue weighted by atomic mass is 16.3. The molecule has 0 atom stereocenters. The highest BCUT2D eigenvalue weighted by Crippen LogP contribution is 2.46. The van der Waals surface area contributed by atoms with E-state index >= 15 is 0 Å². The Morgan fingerprint density at radius 1 is 0.420 bits per heavy atom. The highest BCUT2D eigenvalue weighted by molar-refractivity contribution is 6.09. The minimum Gasteiger partial charge on any atom is -0.507 e. The summed E-state index contributed by atoms with van der Waals surface area (Å²) < 4.78 is 4.65. The molecule has 346 valence electrons. The van der Waals surface area contributed by atoms with Crippen LogP contribution >= 0.6 is 0 Å². The smallest absolute Gasteiger partial charge is 0.149 e. The van der Waals surface area contributed by atoms with Crippen molar-refractivity contribution < 1.29 is 5.11 Å². The average Bonchev–Trinajstić information content (AvgIpc) is 3.87. The van der Waals surface area contributed by atoms with Crippen molar-refractivity contribution in [2.75, 3.05) is 0 Å². The van der Waals surface area contributed by atoms with Gasteiger partial charge in [-0.3, -0.25) is 9.55 Å². The van der Waals surface area contributed by atoms with Gasteiger partial charge >= 0.3 is 0 Å². The van der Waals surface area contributed by atoms with E-state index in [4.69, 9.17) is 9.97 Å². The lowest BCUT2D eigenvalue weighted by Crippen LogP contribution is -2.17. The van der Waals surface area contributed by atoms with Crippen LogP contribution in [0.1, 0.15) is 105 Å². The van der Waals surface area contributed by atoms with Gasteiger partial charge in [0, 0.05) is 44.9 Å². The maximum Gasteiger partial charge on any atom is 0.149 e. The first kappa shape index (κ1) is 45.5. The molecular formula is C64H64N4O. The van der Waals surface area contributed by atoms with Crippen molar-refractivity contribution in [1.82, 2.24) is 19.1 Å². The zero-order valence-corrected chi connectivity index (χ0v) is 42.3. The van der Waals surface area contributed by atoms with Gasteiger partial charge in [0.05, 0.1) is 39.0 Å². The van der Waals surface area contributed by atoms with Gasteiger partial charge in [0.15, 0.2) is 0 Å². The van der Waals surface area contributed by atoms with Crippen molar-refractivity contribution in [2.45, 2.75) is 105 Å². The number of hydrogen-bond acceptors (Lipinski definition) is 3. The maximum absolute atomic E-state index is 12.6. The summed E-state index contributed by atoms with van der Waals surface area (Å²) in [6.07, 6.45) is 1.94. The van der Waals surface area contributed by atoms with E-state index in [2.05, 4.69) is 250 Å². The number of aromatic hydroxyl groups is 1. The third kappa shape index (κ3) is 8.22. The Labute approximate surface area is 408 Å². The van der Waals surface area contributed by atoms with E-state index in [9.17, 15) is 5.11 Å². The zero-order chi connectivity index (χ0) is 48.8. The standard InChI is InChI=1S/C64H64N4O/c1-61(2,3)43-29-30-56(50(36-43)40-21-14-13-15-22-40)68-57-28-20-25-47(58(57)66-60(68)51-37-45(63(7,8)9)38-52(59(51)69)64(10,11)12)41-33-42(35-44(34-41)62(4,5)6)53-39-46(31-32-65-53)67-54-26-18-16-23-48(54)49-24-17-19-27-55(49)67/h13-39,69H,1-12H3. The number of benzene rings is 7. The fraction of sp³-hybridized carbons (Fsp3) is 0.250. The van der Waals surface area contributed by atoms with Crippen molar-refractivity contribution in [3.63, 3.8) is 0 Å². The van der Waals surface area contributed by atoms with Crippen molar-refractivity contribution in [3.8, 4) is 62.0 Å². The van der Waals surface area contributed by atoms with E-state index < -0.39 is 0 Å². The van der Waals surface area contributed by atoms with Gasteiger partial charge in [0.1, 0.15) is 11.6 Å². The molecule has 0 aliphatic rings. The van der Waals surface area contributed by atoms with Gasteiger partial charge in [-0.2, -0.15) is 0 Å². The second kappa shape index (κ2) is 16.5. The number of nitrogens with zero attached hydrogens (tertiary/aromatic N) is 4. The summed E-state index contributed by atoms with van der Waals surface area (Å²) in [6, 6.07) is 56.9. The molecule has 10 rings (SSSR count). The molecule has 0 aliphatic heterocycles. The lowest BCUT2D eigenvalue weighted by Gasteiger charge is -2.28. The second-order valence-corrected chi connectivity index (χ2v) is 23.0. The van der Waals surface area contributed by atoms with Gasteiger partial charge in [-0.1, -0.05) is 180 Å². The summed E-state index contributed by atoms with van der Waals surface area (Å²) in [6.45, 7) is 26.8. The van der Waals surface area contributed by atoms with Gasteiger partial charge in [0.25, 0.3) is 0 Å². The Bertz CT molecular complexity index is 3540. The molecule has 0 radical (unpaired) electrons. The third-order valence-electron chi connectivity index (χ3n) is 13.9. The first-order chi connectivity index (χ1) is 32.7. The molecular weight excluding hydrogens is 841 g/mol. The topological polar surface area (TPSA) is 55.9 Å². The summed E-state index contributed by atoms with van der Waals surface area (Å²) in [5.74, 6) is 0.951. The van der Waals surface area contributed by atoms with Gasteiger partial charge in [-0.25, -0.2) is 4.98 Å². The fourth-order valence-corrected chi connectivity index (χ4v) is 9.89. The molecule has 3 heterocycles. The molecule has 3 aromatic heterocycles. The zero-order valence-electron chi connectivity index (χ0n) is 42.3. The molecule has 0 unspecified atom stereocenters. The van der Waals surface area contributed by atoms with Crippen molar-refractivity contribution in [3.05, 3.63) is 186 Å². The summed E-state index contributed by atoms with van der Waals surface area (Å²) in [5.41, 5.74) is 16.8. The van der Waals surface area contributed by atoms with E-state index in [-0.39, 0.29) is 27.4 Å². The van der Waals surface area contributed by atoms with Crippen LogP contribution in [0.15, 0.2) is 164 Å². The van der Waals surface area contributed by atoms with Crippen LogP contribution in [-0.2, 0) is 21.7 Å². The summed E-state index contributed by atoms with van der Waals surface area (Å²) in [4.78, 5) is 10.8. The molecule has 0 saturated carbocycles. The Hall–Kier alpha value is -7.24. The quantitative estimate of drug-likeness (QED) is 0.181. The highest BCUT2D eigenvalue weighted by Gasteiger charge is 2.30. The number of rotatable bonds is 6. The third-order valence-corrected chi connectivity index (χ3v) is 13.9. The number of pyridine rings is 1. The molecule has 69 heavy (non-hydrogen) atoms. The minimum absolute atomic E-state index is 0.0798. The number of hydrogen-bond donors (Lipinski definition) is 1. The lowest BCUT2D eigenvalue weighted by molar-refractivity contribution is 0.446. The predicted octanol–water partition coefficient (Wildman–Crippen LogP) is 17.1. The largest absolute Gasteiger partial charge is 0.507 e. The Kier molecular flexibility index (Phi) is 10.9. The van der Waals surface area contributed by atoms with Crippen molar-refractivity contribution in [2.24, 2.45) is 0 Å². The predicted molar refractivity (Wildman–Crippen MR) is 291 cm³/mol. The van der Waals surface area contributed by atoms with Gasteiger partial charge in [-0.05, 0) is 110 Å². The Balaban J connectivity index is 1.26. The normalized spacial score (nSPS) is 12.7. The van der Waals surface area contributed by atoms with E-state index in [1.54, 1.807) is 0 Å². The molecule has 7 aromatic carbocycles. The van der Waals surface area contributed by atoms with E-state index in [1.807, 2.05) is 6.20 Å². The number of phenols is 1. The molecule has 10 aromatic rings. The van der Waals surface area contributed by atoms with Crippen LogP contribution in [0.4, 0.5) is 0 Å².